The van der Waals surface area contributed by atoms with Crippen molar-refractivity contribution in [1.29, 1.82) is 0 Å². The summed E-state index contributed by atoms with van der Waals surface area (Å²) in [5.41, 5.74) is 0.108. The molecule has 1 aromatic rings. The van der Waals surface area contributed by atoms with Crippen molar-refractivity contribution in [3.63, 3.8) is 0 Å². The SMILES string of the molecule is O=C(Nc1cc(F)cc(F)c1)C1CCCCC12OCCO2. The second-order valence-electron chi connectivity index (χ2n) is 5.45. The summed E-state index contributed by atoms with van der Waals surface area (Å²) in [7, 11) is 0. The second-order valence-corrected chi connectivity index (χ2v) is 5.45. The van der Waals surface area contributed by atoms with Crippen molar-refractivity contribution >= 4 is 11.6 Å². The van der Waals surface area contributed by atoms with E-state index in [1.165, 1.54) is 0 Å². The van der Waals surface area contributed by atoms with E-state index in [0.29, 0.717) is 26.1 Å². The maximum absolute atomic E-state index is 13.2. The predicted molar refractivity (Wildman–Crippen MR) is 71.6 cm³/mol. The molecule has 1 aliphatic carbocycles. The van der Waals surface area contributed by atoms with Crippen molar-refractivity contribution in [1.82, 2.24) is 0 Å². The molecule has 1 unspecified atom stereocenters. The van der Waals surface area contributed by atoms with E-state index in [-0.39, 0.29) is 11.6 Å². The van der Waals surface area contributed by atoms with Crippen LogP contribution in [0.15, 0.2) is 18.2 Å². The molecule has 4 nitrogen and oxygen atoms in total. The van der Waals surface area contributed by atoms with Crippen LogP contribution in [0.4, 0.5) is 14.5 Å². The molecular formula is C15H17F2NO3. The van der Waals surface area contributed by atoms with Crippen molar-refractivity contribution in [2.75, 3.05) is 18.5 Å². The molecule has 0 bridgehead atoms. The lowest BCUT2D eigenvalue weighted by molar-refractivity contribution is -0.210. The molecule has 1 atom stereocenters. The van der Waals surface area contributed by atoms with E-state index in [2.05, 4.69) is 5.32 Å². The molecule has 1 amide bonds. The van der Waals surface area contributed by atoms with Gasteiger partial charge in [0.1, 0.15) is 11.6 Å². The van der Waals surface area contributed by atoms with Crippen LogP contribution in [0.2, 0.25) is 0 Å². The number of nitrogens with one attached hydrogen (secondary N) is 1. The zero-order chi connectivity index (χ0) is 14.9. The Kier molecular flexibility index (Phi) is 3.91. The molecule has 1 aromatic carbocycles. The van der Waals surface area contributed by atoms with Gasteiger partial charge < -0.3 is 14.8 Å². The standard InChI is InChI=1S/C15H17F2NO3/c16-10-7-11(17)9-12(8-10)18-14(19)13-3-1-2-4-15(13)20-5-6-21-15/h7-9,13H,1-6H2,(H,18,19). The van der Waals surface area contributed by atoms with Gasteiger partial charge in [-0.15, -0.1) is 0 Å². The number of ether oxygens (including phenoxy) is 2. The molecule has 1 N–H and O–H groups in total. The number of hydrogen-bond donors (Lipinski definition) is 1. The summed E-state index contributed by atoms with van der Waals surface area (Å²) >= 11 is 0. The lowest BCUT2D eigenvalue weighted by atomic mass is 9.82. The van der Waals surface area contributed by atoms with Gasteiger partial charge in [0.2, 0.25) is 5.91 Å². The van der Waals surface area contributed by atoms with E-state index in [9.17, 15) is 13.6 Å². The molecule has 0 radical (unpaired) electrons. The Bertz CT molecular complexity index is 523. The highest BCUT2D eigenvalue weighted by Crippen LogP contribution is 2.41. The van der Waals surface area contributed by atoms with Gasteiger partial charge in [-0.3, -0.25) is 4.79 Å². The first-order valence-corrected chi connectivity index (χ1v) is 7.14. The lowest BCUT2D eigenvalue weighted by Gasteiger charge is -2.38. The fourth-order valence-electron chi connectivity index (χ4n) is 3.12. The molecule has 114 valence electrons. The Morgan fingerprint density at radius 1 is 1.14 bits per heavy atom. The van der Waals surface area contributed by atoms with Gasteiger partial charge in [0.05, 0.1) is 19.1 Å². The summed E-state index contributed by atoms with van der Waals surface area (Å²) in [6.45, 7) is 0.941. The molecule has 2 fully saturated rings. The molecule has 2 aliphatic rings. The number of anilines is 1. The van der Waals surface area contributed by atoms with Gasteiger partial charge in [0.15, 0.2) is 5.79 Å². The highest BCUT2D eigenvalue weighted by Gasteiger charge is 2.49. The zero-order valence-corrected chi connectivity index (χ0v) is 11.5. The van der Waals surface area contributed by atoms with Crippen LogP contribution in [0.25, 0.3) is 0 Å². The van der Waals surface area contributed by atoms with E-state index >= 15 is 0 Å². The Hall–Kier alpha value is -1.53. The van der Waals surface area contributed by atoms with Gasteiger partial charge in [0.25, 0.3) is 0 Å². The molecule has 1 saturated heterocycles. The summed E-state index contributed by atoms with van der Waals surface area (Å²) in [5, 5.41) is 2.57. The summed E-state index contributed by atoms with van der Waals surface area (Å²) in [4.78, 5) is 12.4. The quantitative estimate of drug-likeness (QED) is 0.913. The number of amides is 1. The van der Waals surface area contributed by atoms with E-state index < -0.39 is 23.3 Å². The Morgan fingerprint density at radius 2 is 1.81 bits per heavy atom. The Balaban J connectivity index is 1.77. The molecule has 1 spiro atoms. The largest absolute Gasteiger partial charge is 0.347 e. The third kappa shape index (κ3) is 2.91. The number of benzene rings is 1. The second kappa shape index (κ2) is 5.69. The van der Waals surface area contributed by atoms with Gasteiger partial charge >= 0.3 is 0 Å². The summed E-state index contributed by atoms with van der Waals surface area (Å²) < 4.78 is 37.7. The van der Waals surface area contributed by atoms with Crippen LogP contribution in [-0.4, -0.2) is 24.9 Å². The van der Waals surface area contributed by atoms with Crippen LogP contribution in [0.3, 0.4) is 0 Å². The number of halogens is 2. The molecule has 1 saturated carbocycles. The summed E-state index contributed by atoms with van der Waals surface area (Å²) in [5.74, 6) is -3.09. The monoisotopic (exact) mass is 297 g/mol. The first kappa shape index (κ1) is 14.4. The minimum Gasteiger partial charge on any atom is -0.347 e. The highest BCUT2D eigenvalue weighted by atomic mass is 19.1. The summed E-state index contributed by atoms with van der Waals surface area (Å²) in [6, 6.07) is 2.95. The maximum atomic E-state index is 13.2. The van der Waals surface area contributed by atoms with Crippen molar-refractivity contribution in [2.24, 2.45) is 5.92 Å². The fraction of sp³-hybridized carbons (Fsp3) is 0.533. The first-order valence-electron chi connectivity index (χ1n) is 7.14. The minimum absolute atomic E-state index is 0.108. The van der Waals surface area contributed by atoms with E-state index in [0.717, 1.165) is 31.0 Å². The van der Waals surface area contributed by atoms with Crippen LogP contribution in [-0.2, 0) is 14.3 Å². The third-order valence-electron chi connectivity index (χ3n) is 4.02. The molecular weight excluding hydrogens is 280 g/mol. The van der Waals surface area contributed by atoms with Crippen molar-refractivity contribution in [3.8, 4) is 0 Å². The van der Waals surface area contributed by atoms with E-state index in [4.69, 9.17) is 9.47 Å². The molecule has 21 heavy (non-hydrogen) atoms. The van der Waals surface area contributed by atoms with Gasteiger partial charge in [-0.05, 0) is 25.0 Å². The van der Waals surface area contributed by atoms with Gasteiger partial charge in [0, 0.05) is 18.2 Å². The van der Waals surface area contributed by atoms with Crippen LogP contribution >= 0.6 is 0 Å². The molecule has 3 rings (SSSR count). The Labute approximate surface area is 121 Å². The number of hydrogen-bond acceptors (Lipinski definition) is 3. The maximum Gasteiger partial charge on any atom is 0.232 e. The summed E-state index contributed by atoms with van der Waals surface area (Å²) in [6.07, 6.45) is 3.16. The van der Waals surface area contributed by atoms with Crippen molar-refractivity contribution in [3.05, 3.63) is 29.8 Å². The number of rotatable bonds is 2. The van der Waals surface area contributed by atoms with E-state index in [1.54, 1.807) is 0 Å². The Morgan fingerprint density at radius 3 is 2.48 bits per heavy atom. The van der Waals surface area contributed by atoms with Crippen LogP contribution in [0.1, 0.15) is 25.7 Å². The van der Waals surface area contributed by atoms with Gasteiger partial charge in [-0.2, -0.15) is 0 Å². The minimum atomic E-state index is -0.867. The molecule has 6 heteroatoms. The molecule has 1 aliphatic heterocycles. The molecule has 0 aromatic heterocycles. The van der Waals surface area contributed by atoms with Crippen LogP contribution in [0.5, 0.6) is 0 Å². The average Bonchev–Trinajstić information content (AvgIpc) is 2.86. The lowest BCUT2D eigenvalue weighted by Crippen LogP contribution is -2.47. The topological polar surface area (TPSA) is 47.6 Å². The smallest absolute Gasteiger partial charge is 0.232 e. The third-order valence-corrected chi connectivity index (χ3v) is 4.02. The number of carbonyl (C=O) groups is 1. The van der Waals surface area contributed by atoms with Crippen molar-refractivity contribution < 1.29 is 23.0 Å². The zero-order valence-electron chi connectivity index (χ0n) is 11.5. The highest BCUT2D eigenvalue weighted by molar-refractivity contribution is 5.93. The van der Waals surface area contributed by atoms with Crippen LogP contribution < -0.4 is 5.32 Å². The molecule has 1 heterocycles. The normalized spacial score (nSPS) is 24.2. The van der Waals surface area contributed by atoms with E-state index in [1.807, 2.05) is 0 Å². The van der Waals surface area contributed by atoms with Crippen molar-refractivity contribution in [2.45, 2.75) is 31.5 Å². The van der Waals surface area contributed by atoms with Crippen LogP contribution in [0, 0.1) is 17.6 Å². The van der Waals surface area contributed by atoms with Gasteiger partial charge in [-0.25, -0.2) is 8.78 Å². The first-order chi connectivity index (χ1) is 10.1. The average molecular weight is 297 g/mol. The van der Waals surface area contributed by atoms with Gasteiger partial charge in [-0.1, -0.05) is 6.42 Å². The number of carbonyl (C=O) groups excluding carboxylic acids is 1. The fourth-order valence-corrected chi connectivity index (χ4v) is 3.12. The predicted octanol–water partition coefficient (Wildman–Crippen LogP) is 2.84.